The topological polar surface area (TPSA) is 41.1 Å². The minimum absolute atomic E-state index is 0.0772. The molecule has 0 bridgehead atoms. The molecule has 3 heteroatoms. The van der Waals surface area contributed by atoms with Crippen LogP contribution < -0.4 is 10.6 Å². The maximum Gasteiger partial charge on any atom is 0.221 e. The van der Waals surface area contributed by atoms with Gasteiger partial charge >= 0.3 is 0 Å². The molecular weight excluding hydrogens is 248 g/mol. The van der Waals surface area contributed by atoms with Crippen LogP contribution >= 0.6 is 0 Å². The Morgan fingerprint density at radius 3 is 2.45 bits per heavy atom. The lowest BCUT2D eigenvalue weighted by Crippen LogP contribution is -2.48. The van der Waals surface area contributed by atoms with Gasteiger partial charge in [0.05, 0.1) is 0 Å². The van der Waals surface area contributed by atoms with Gasteiger partial charge in [-0.2, -0.15) is 0 Å². The molecule has 2 fully saturated rings. The standard InChI is InChI=1S/C17H32N2O/c1-18-17(11-5-2-6-12-17)14-16(20)19-13-7-10-15-8-3-4-9-15/h15,18H,2-14H2,1H3,(H,19,20). The van der Waals surface area contributed by atoms with Crippen LogP contribution in [0.4, 0.5) is 0 Å². The van der Waals surface area contributed by atoms with E-state index in [1.54, 1.807) is 0 Å². The van der Waals surface area contributed by atoms with Gasteiger partial charge in [0.1, 0.15) is 0 Å². The van der Waals surface area contributed by atoms with E-state index in [9.17, 15) is 4.79 Å². The first kappa shape index (κ1) is 15.8. The van der Waals surface area contributed by atoms with Crippen molar-refractivity contribution in [3.05, 3.63) is 0 Å². The van der Waals surface area contributed by atoms with Crippen molar-refractivity contribution < 1.29 is 4.79 Å². The van der Waals surface area contributed by atoms with Crippen LogP contribution in [0, 0.1) is 5.92 Å². The third-order valence-corrected chi connectivity index (χ3v) is 5.43. The summed E-state index contributed by atoms with van der Waals surface area (Å²) in [7, 11) is 2.01. The molecule has 0 heterocycles. The van der Waals surface area contributed by atoms with Crippen molar-refractivity contribution in [3.63, 3.8) is 0 Å². The Kier molecular flexibility index (Phi) is 6.34. The number of carbonyl (C=O) groups excluding carboxylic acids is 1. The van der Waals surface area contributed by atoms with Gasteiger partial charge in [0.2, 0.25) is 5.91 Å². The molecule has 0 atom stereocenters. The van der Waals surface area contributed by atoms with Crippen LogP contribution in [0.3, 0.4) is 0 Å². The van der Waals surface area contributed by atoms with Crippen molar-refractivity contribution in [2.75, 3.05) is 13.6 Å². The zero-order valence-electron chi connectivity index (χ0n) is 13.2. The maximum absolute atomic E-state index is 12.1. The summed E-state index contributed by atoms with van der Waals surface area (Å²) in [6.07, 6.45) is 14.9. The second kappa shape index (κ2) is 8.02. The minimum Gasteiger partial charge on any atom is -0.356 e. The number of nitrogens with one attached hydrogen (secondary N) is 2. The molecule has 0 unspecified atom stereocenters. The van der Waals surface area contributed by atoms with Crippen LogP contribution in [0.15, 0.2) is 0 Å². The Morgan fingerprint density at radius 1 is 1.10 bits per heavy atom. The fourth-order valence-electron chi connectivity index (χ4n) is 4.03. The quantitative estimate of drug-likeness (QED) is 0.702. The highest BCUT2D eigenvalue weighted by Crippen LogP contribution is 2.31. The minimum atomic E-state index is 0.0772. The molecule has 0 aliphatic heterocycles. The lowest BCUT2D eigenvalue weighted by Gasteiger charge is -2.36. The van der Waals surface area contributed by atoms with Gasteiger partial charge in [-0.05, 0) is 38.6 Å². The van der Waals surface area contributed by atoms with Gasteiger partial charge in [0.15, 0.2) is 0 Å². The van der Waals surface area contributed by atoms with E-state index in [-0.39, 0.29) is 11.4 Å². The molecule has 2 aliphatic rings. The molecule has 0 spiro atoms. The molecule has 0 aromatic carbocycles. The van der Waals surface area contributed by atoms with Gasteiger partial charge < -0.3 is 10.6 Å². The van der Waals surface area contributed by atoms with E-state index in [1.807, 2.05) is 7.05 Å². The lowest BCUT2D eigenvalue weighted by atomic mass is 9.79. The Balaban J connectivity index is 1.61. The SMILES string of the molecule is CNC1(CC(=O)NCCCC2CCCC2)CCCCC1. The summed E-state index contributed by atoms with van der Waals surface area (Å²) in [5.74, 6) is 1.18. The summed E-state index contributed by atoms with van der Waals surface area (Å²) >= 11 is 0. The van der Waals surface area contributed by atoms with E-state index in [1.165, 1.54) is 51.4 Å². The molecule has 2 aliphatic carbocycles. The second-order valence-electron chi connectivity index (χ2n) is 6.91. The maximum atomic E-state index is 12.1. The predicted octanol–water partition coefficient (Wildman–Crippen LogP) is 3.39. The molecular formula is C17H32N2O. The van der Waals surface area contributed by atoms with Crippen molar-refractivity contribution in [1.82, 2.24) is 10.6 Å². The van der Waals surface area contributed by atoms with Gasteiger partial charge in [-0.15, -0.1) is 0 Å². The number of rotatable bonds is 7. The first-order valence-corrected chi connectivity index (χ1v) is 8.70. The fourth-order valence-corrected chi connectivity index (χ4v) is 4.03. The highest BCUT2D eigenvalue weighted by Gasteiger charge is 2.32. The summed E-state index contributed by atoms with van der Waals surface area (Å²) < 4.78 is 0. The summed E-state index contributed by atoms with van der Waals surface area (Å²) in [6.45, 7) is 0.870. The zero-order chi connectivity index (χ0) is 14.3. The van der Waals surface area contributed by atoms with Crippen LogP contribution in [0.25, 0.3) is 0 Å². The van der Waals surface area contributed by atoms with E-state index in [4.69, 9.17) is 0 Å². The molecule has 3 nitrogen and oxygen atoms in total. The molecule has 0 aromatic heterocycles. The van der Waals surface area contributed by atoms with Crippen LogP contribution in [0.1, 0.15) is 77.0 Å². The van der Waals surface area contributed by atoms with E-state index in [2.05, 4.69) is 10.6 Å². The summed E-state index contributed by atoms with van der Waals surface area (Å²) in [5.41, 5.74) is 0.0772. The lowest BCUT2D eigenvalue weighted by molar-refractivity contribution is -0.122. The van der Waals surface area contributed by atoms with Crippen molar-refractivity contribution >= 4 is 5.91 Å². The van der Waals surface area contributed by atoms with Crippen LogP contribution in [0.5, 0.6) is 0 Å². The molecule has 116 valence electrons. The number of hydrogen-bond acceptors (Lipinski definition) is 2. The van der Waals surface area contributed by atoms with Crippen molar-refractivity contribution in [2.24, 2.45) is 5.92 Å². The van der Waals surface area contributed by atoms with E-state index >= 15 is 0 Å². The zero-order valence-corrected chi connectivity index (χ0v) is 13.2. The number of hydrogen-bond donors (Lipinski definition) is 2. The molecule has 20 heavy (non-hydrogen) atoms. The van der Waals surface area contributed by atoms with Crippen molar-refractivity contribution in [3.8, 4) is 0 Å². The average Bonchev–Trinajstić information content (AvgIpc) is 2.98. The predicted molar refractivity (Wildman–Crippen MR) is 83.7 cm³/mol. The van der Waals surface area contributed by atoms with Crippen molar-refractivity contribution in [2.45, 2.75) is 82.6 Å². The Labute approximate surface area is 124 Å². The van der Waals surface area contributed by atoms with Gasteiger partial charge in [0, 0.05) is 18.5 Å². The Bertz CT molecular complexity index is 291. The normalized spacial score (nSPS) is 22.9. The first-order chi connectivity index (χ1) is 9.74. The van der Waals surface area contributed by atoms with Crippen LogP contribution in [0.2, 0.25) is 0 Å². The molecule has 2 saturated carbocycles. The van der Waals surface area contributed by atoms with E-state index in [0.29, 0.717) is 6.42 Å². The third-order valence-electron chi connectivity index (χ3n) is 5.43. The van der Waals surface area contributed by atoms with E-state index < -0.39 is 0 Å². The fraction of sp³-hybridized carbons (Fsp3) is 0.941. The van der Waals surface area contributed by atoms with Gasteiger partial charge in [0.25, 0.3) is 0 Å². The Morgan fingerprint density at radius 2 is 1.80 bits per heavy atom. The largest absolute Gasteiger partial charge is 0.356 e. The van der Waals surface area contributed by atoms with E-state index in [0.717, 1.165) is 31.7 Å². The van der Waals surface area contributed by atoms with Crippen molar-refractivity contribution in [1.29, 1.82) is 0 Å². The molecule has 0 saturated heterocycles. The molecule has 2 rings (SSSR count). The molecule has 2 N–H and O–H groups in total. The first-order valence-electron chi connectivity index (χ1n) is 8.70. The molecule has 0 radical (unpaired) electrons. The molecule has 1 amide bonds. The Hall–Kier alpha value is -0.570. The van der Waals surface area contributed by atoms with Crippen LogP contribution in [-0.4, -0.2) is 25.0 Å². The second-order valence-corrected chi connectivity index (χ2v) is 6.91. The average molecular weight is 280 g/mol. The number of carbonyl (C=O) groups is 1. The summed E-state index contributed by atoms with van der Waals surface area (Å²) in [4.78, 5) is 12.1. The smallest absolute Gasteiger partial charge is 0.221 e. The highest BCUT2D eigenvalue weighted by molar-refractivity contribution is 5.77. The van der Waals surface area contributed by atoms with Crippen LogP contribution in [-0.2, 0) is 4.79 Å². The molecule has 0 aromatic rings. The van der Waals surface area contributed by atoms with Gasteiger partial charge in [-0.3, -0.25) is 4.79 Å². The third kappa shape index (κ3) is 4.76. The van der Waals surface area contributed by atoms with Gasteiger partial charge in [-0.25, -0.2) is 0 Å². The monoisotopic (exact) mass is 280 g/mol. The highest BCUT2D eigenvalue weighted by atomic mass is 16.1. The van der Waals surface area contributed by atoms with Gasteiger partial charge in [-0.1, -0.05) is 44.9 Å². The summed E-state index contributed by atoms with van der Waals surface area (Å²) in [6, 6.07) is 0. The number of amides is 1. The summed E-state index contributed by atoms with van der Waals surface area (Å²) in [5, 5.41) is 6.56.